The van der Waals surface area contributed by atoms with Crippen LogP contribution in [-0.4, -0.2) is 14.5 Å². The van der Waals surface area contributed by atoms with Gasteiger partial charge in [-0.2, -0.15) is 0 Å². The number of aryl methyl sites for hydroxylation is 1. The van der Waals surface area contributed by atoms with E-state index in [1.165, 1.54) is 6.20 Å². The average Bonchev–Trinajstić information content (AvgIpc) is 2.76. The largest absolute Gasteiger partial charge is 0.369 e. The molecule has 0 amide bonds. The molecular weight excluding hydrogens is 288 g/mol. The summed E-state index contributed by atoms with van der Waals surface area (Å²) in [6, 6.07) is 1.75. The van der Waals surface area contributed by atoms with Crippen molar-refractivity contribution >= 4 is 17.1 Å². The summed E-state index contributed by atoms with van der Waals surface area (Å²) in [5.74, 6) is -6.52. The minimum absolute atomic E-state index is 0.00954. The Hall–Kier alpha value is -2.64. The minimum Gasteiger partial charge on any atom is -0.369 e. The number of fused-ring (bicyclic) bond motifs is 1. The number of benzene rings is 1. The Kier molecular flexibility index (Phi) is 2.82. The van der Waals surface area contributed by atoms with Crippen molar-refractivity contribution in [2.45, 2.75) is 6.92 Å². The van der Waals surface area contributed by atoms with Crippen LogP contribution >= 0.6 is 0 Å². The first kappa shape index (κ1) is 13.3. The van der Waals surface area contributed by atoms with E-state index in [-0.39, 0.29) is 17.7 Å². The highest BCUT2D eigenvalue weighted by molar-refractivity contribution is 5.80. The van der Waals surface area contributed by atoms with Gasteiger partial charge in [0.15, 0.2) is 28.9 Å². The second kappa shape index (κ2) is 4.44. The van der Waals surface area contributed by atoms with Crippen LogP contribution in [0.1, 0.15) is 5.56 Å². The number of nitrogen functional groups attached to an aromatic ring is 1. The molecule has 0 bridgehead atoms. The monoisotopic (exact) mass is 296 g/mol. The van der Waals surface area contributed by atoms with Crippen molar-refractivity contribution in [1.82, 2.24) is 14.5 Å². The van der Waals surface area contributed by atoms with Gasteiger partial charge in [-0.25, -0.2) is 27.5 Å². The summed E-state index contributed by atoms with van der Waals surface area (Å²) in [5.41, 5.74) is 5.60. The summed E-state index contributed by atoms with van der Waals surface area (Å²) in [6.07, 6.45) is 1.38. The maximum absolute atomic E-state index is 13.9. The number of pyridine rings is 1. The first-order valence-electron chi connectivity index (χ1n) is 5.84. The van der Waals surface area contributed by atoms with E-state index in [2.05, 4.69) is 9.97 Å². The third-order valence-corrected chi connectivity index (χ3v) is 3.09. The van der Waals surface area contributed by atoms with Crippen molar-refractivity contribution < 1.29 is 17.6 Å². The third-order valence-electron chi connectivity index (χ3n) is 3.09. The molecule has 8 heteroatoms. The van der Waals surface area contributed by atoms with E-state index in [4.69, 9.17) is 5.73 Å². The molecule has 0 aliphatic carbocycles. The van der Waals surface area contributed by atoms with Gasteiger partial charge in [-0.15, -0.1) is 0 Å². The van der Waals surface area contributed by atoms with Crippen LogP contribution < -0.4 is 5.73 Å². The van der Waals surface area contributed by atoms with Gasteiger partial charge in [0.25, 0.3) is 0 Å². The summed E-state index contributed by atoms with van der Waals surface area (Å²) in [4.78, 5) is 7.85. The molecule has 0 fully saturated rings. The fraction of sp³-hybridized carbons (Fsp3) is 0.0769. The predicted molar refractivity (Wildman–Crippen MR) is 67.8 cm³/mol. The van der Waals surface area contributed by atoms with Crippen LogP contribution in [0.2, 0.25) is 0 Å². The number of nitrogens with zero attached hydrogens (tertiary/aromatic N) is 3. The molecule has 0 radical (unpaired) electrons. The number of anilines is 1. The third kappa shape index (κ3) is 1.83. The van der Waals surface area contributed by atoms with Gasteiger partial charge in [0.2, 0.25) is 5.95 Å². The lowest BCUT2D eigenvalue weighted by Gasteiger charge is -2.09. The summed E-state index contributed by atoms with van der Waals surface area (Å²) >= 11 is 0. The zero-order chi connectivity index (χ0) is 15.3. The predicted octanol–water partition coefficient (Wildman–Crippen LogP) is 2.87. The Morgan fingerprint density at radius 3 is 2.33 bits per heavy atom. The Balaban J connectivity index is 2.47. The van der Waals surface area contributed by atoms with Crippen LogP contribution in [-0.2, 0) is 0 Å². The number of aromatic nitrogens is 3. The molecule has 0 saturated carbocycles. The summed E-state index contributed by atoms with van der Waals surface area (Å²) in [6.45, 7) is 1.69. The summed E-state index contributed by atoms with van der Waals surface area (Å²) < 4.78 is 55.2. The average molecular weight is 296 g/mol. The van der Waals surface area contributed by atoms with E-state index in [0.29, 0.717) is 11.1 Å². The topological polar surface area (TPSA) is 56.7 Å². The standard InChI is InChI=1S/C13H8F4N4/c1-5-2-3-19-12-10(5)20-13(18)21(12)11-8(16)6(14)4-7(15)9(11)17/h2-4H,1H3,(H2,18,20). The maximum Gasteiger partial charge on any atom is 0.207 e. The molecule has 3 rings (SSSR count). The Labute approximate surface area is 115 Å². The molecular formula is C13H8F4N4. The number of halogens is 4. The van der Waals surface area contributed by atoms with E-state index in [1.807, 2.05) is 0 Å². The van der Waals surface area contributed by atoms with Gasteiger partial charge in [-0.05, 0) is 18.6 Å². The van der Waals surface area contributed by atoms with E-state index >= 15 is 0 Å². The fourth-order valence-corrected chi connectivity index (χ4v) is 2.09. The first-order chi connectivity index (χ1) is 9.91. The highest BCUT2D eigenvalue weighted by Gasteiger charge is 2.24. The highest BCUT2D eigenvalue weighted by atomic mass is 19.2. The van der Waals surface area contributed by atoms with Crippen LogP contribution in [0.5, 0.6) is 0 Å². The first-order valence-corrected chi connectivity index (χ1v) is 5.84. The van der Waals surface area contributed by atoms with Gasteiger partial charge in [-0.1, -0.05) is 0 Å². The highest BCUT2D eigenvalue weighted by Crippen LogP contribution is 2.29. The molecule has 0 saturated heterocycles. The molecule has 2 N–H and O–H groups in total. The fourth-order valence-electron chi connectivity index (χ4n) is 2.09. The molecule has 2 heterocycles. The van der Waals surface area contributed by atoms with Crippen LogP contribution in [0.4, 0.5) is 23.5 Å². The minimum atomic E-state index is -1.57. The van der Waals surface area contributed by atoms with Crippen LogP contribution in [0.15, 0.2) is 18.3 Å². The van der Waals surface area contributed by atoms with Crippen LogP contribution in [0, 0.1) is 30.2 Å². The molecule has 0 atom stereocenters. The van der Waals surface area contributed by atoms with Crippen molar-refractivity contribution in [2.24, 2.45) is 0 Å². The lowest BCUT2D eigenvalue weighted by atomic mass is 10.2. The van der Waals surface area contributed by atoms with Gasteiger partial charge in [0.1, 0.15) is 11.2 Å². The van der Waals surface area contributed by atoms with Gasteiger partial charge in [0.05, 0.1) is 0 Å². The molecule has 0 unspecified atom stereocenters. The molecule has 0 spiro atoms. The lowest BCUT2D eigenvalue weighted by molar-refractivity contribution is 0.449. The van der Waals surface area contributed by atoms with Crippen molar-refractivity contribution in [3.8, 4) is 5.69 Å². The number of hydrogen-bond donors (Lipinski definition) is 1. The molecule has 21 heavy (non-hydrogen) atoms. The molecule has 1 aromatic carbocycles. The molecule has 2 aromatic heterocycles. The van der Waals surface area contributed by atoms with Crippen molar-refractivity contribution in [3.05, 3.63) is 47.2 Å². The van der Waals surface area contributed by atoms with E-state index in [1.54, 1.807) is 13.0 Å². The zero-order valence-corrected chi connectivity index (χ0v) is 10.7. The Bertz CT molecular complexity index is 846. The molecule has 4 nitrogen and oxygen atoms in total. The Morgan fingerprint density at radius 2 is 1.71 bits per heavy atom. The van der Waals surface area contributed by atoms with Crippen LogP contribution in [0.25, 0.3) is 16.9 Å². The van der Waals surface area contributed by atoms with Gasteiger partial charge in [0, 0.05) is 12.3 Å². The number of imidazole rings is 1. The summed E-state index contributed by atoms with van der Waals surface area (Å²) in [5, 5.41) is 0. The number of rotatable bonds is 1. The molecule has 108 valence electrons. The van der Waals surface area contributed by atoms with Gasteiger partial charge >= 0.3 is 0 Å². The number of hydrogen-bond acceptors (Lipinski definition) is 3. The van der Waals surface area contributed by atoms with E-state index < -0.39 is 29.0 Å². The van der Waals surface area contributed by atoms with Gasteiger partial charge < -0.3 is 5.73 Å². The van der Waals surface area contributed by atoms with Crippen molar-refractivity contribution in [3.63, 3.8) is 0 Å². The normalized spacial score (nSPS) is 11.3. The maximum atomic E-state index is 13.9. The molecule has 3 aromatic rings. The summed E-state index contributed by atoms with van der Waals surface area (Å²) in [7, 11) is 0. The molecule has 0 aliphatic rings. The van der Waals surface area contributed by atoms with Crippen molar-refractivity contribution in [1.29, 1.82) is 0 Å². The molecule has 0 aliphatic heterocycles. The lowest BCUT2D eigenvalue weighted by Crippen LogP contribution is -2.09. The smallest absolute Gasteiger partial charge is 0.207 e. The zero-order valence-electron chi connectivity index (χ0n) is 10.7. The Morgan fingerprint density at radius 1 is 1.10 bits per heavy atom. The van der Waals surface area contributed by atoms with Crippen molar-refractivity contribution in [2.75, 3.05) is 5.73 Å². The second-order valence-corrected chi connectivity index (χ2v) is 4.42. The quantitative estimate of drug-likeness (QED) is 0.555. The van der Waals surface area contributed by atoms with Crippen LogP contribution in [0.3, 0.4) is 0 Å². The van der Waals surface area contributed by atoms with E-state index in [9.17, 15) is 17.6 Å². The SMILES string of the molecule is Cc1ccnc2c1nc(N)n2-c1c(F)c(F)cc(F)c1F. The van der Waals surface area contributed by atoms with E-state index in [0.717, 1.165) is 4.57 Å². The second-order valence-electron chi connectivity index (χ2n) is 4.42. The number of nitrogens with two attached hydrogens (primary N) is 1. The van der Waals surface area contributed by atoms with Gasteiger partial charge in [-0.3, -0.25) is 4.57 Å².